The quantitative estimate of drug-likeness (QED) is 0.869. The van der Waals surface area contributed by atoms with Crippen molar-refractivity contribution < 1.29 is 9.90 Å². The fraction of sp³-hybridized carbons (Fsp3) is 0.600. The van der Waals surface area contributed by atoms with Gasteiger partial charge in [0.15, 0.2) is 0 Å². The highest BCUT2D eigenvalue weighted by molar-refractivity contribution is 6.29. The molecule has 1 amide bonds. The van der Waals surface area contributed by atoms with Crippen LogP contribution in [0.15, 0.2) is 12.1 Å². The number of likely N-dealkylation sites (tertiary alicyclic amines) is 1. The molecular formula is C15H21ClN2O2. The Bertz CT molecular complexity index is 491. The number of aliphatic hydroxyl groups is 1. The number of halogens is 1. The van der Waals surface area contributed by atoms with Crippen LogP contribution >= 0.6 is 11.6 Å². The van der Waals surface area contributed by atoms with Gasteiger partial charge in [0.05, 0.1) is 0 Å². The van der Waals surface area contributed by atoms with E-state index in [0.29, 0.717) is 16.6 Å². The van der Waals surface area contributed by atoms with Gasteiger partial charge in [-0.3, -0.25) is 4.79 Å². The van der Waals surface area contributed by atoms with Crippen LogP contribution in [0.4, 0.5) is 0 Å². The first-order valence-corrected chi connectivity index (χ1v) is 7.46. The van der Waals surface area contributed by atoms with Crippen molar-refractivity contribution in [3.8, 4) is 0 Å². The normalized spacial score (nSPS) is 18.9. The van der Waals surface area contributed by atoms with E-state index < -0.39 is 0 Å². The lowest BCUT2D eigenvalue weighted by molar-refractivity contribution is 0.0784. The molecule has 4 nitrogen and oxygen atoms in total. The average molecular weight is 297 g/mol. The Labute approximate surface area is 124 Å². The molecule has 1 atom stereocenters. The molecule has 0 bridgehead atoms. The first-order chi connectivity index (χ1) is 9.51. The van der Waals surface area contributed by atoms with E-state index in [1.54, 1.807) is 6.07 Å². The molecule has 2 heterocycles. The molecule has 0 spiro atoms. The molecule has 1 aliphatic rings. The summed E-state index contributed by atoms with van der Waals surface area (Å²) in [6.07, 6.45) is 1.72. The molecule has 1 saturated heterocycles. The molecule has 0 aromatic carbocycles. The lowest BCUT2D eigenvalue weighted by Gasteiger charge is -2.17. The summed E-state index contributed by atoms with van der Waals surface area (Å²) in [7, 11) is 0. The molecule has 110 valence electrons. The maximum absolute atomic E-state index is 12.5. The van der Waals surface area contributed by atoms with Crippen LogP contribution < -0.4 is 0 Å². The van der Waals surface area contributed by atoms with Crippen LogP contribution in [0.1, 0.15) is 48.7 Å². The van der Waals surface area contributed by atoms with Gasteiger partial charge in [-0.2, -0.15) is 0 Å². The Morgan fingerprint density at radius 3 is 2.95 bits per heavy atom. The number of rotatable bonds is 4. The van der Waals surface area contributed by atoms with Gasteiger partial charge in [0, 0.05) is 31.0 Å². The minimum atomic E-state index is 0.0108. The van der Waals surface area contributed by atoms with Crippen LogP contribution in [0.3, 0.4) is 0 Å². The van der Waals surface area contributed by atoms with Crippen LogP contribution in [0.2, 0.25) is 5.15 Å². The van der Waals surface area contributed by atoms with Gasteiger partial charge in [-0.25, -0.2) is 4.98 Å². The monoisotopic (exact) mass is 296 g/mol. The summed E-state index contributed by atoms with van der Waals surface area (Å²) in [4.78, 5) is 18.6. The van der Waals surface area contributed by atoms with Crippen LogP contribution in [0.5, 0.6) is 0 Å². The number of aromatic nitrogens is 1. The molecule has 1 aliphatic heterocycles. The Hall–Kier alpha value is -1.13. The van der Waals surface area contributed by atoms with Crippen molar-refractivity contribution >= 4 is 17.5 Å². The van der Waals surface area contributed by atoms with E-state index in [4.69, 9.17) is 16.7 Å². The van der Waals surface area contributed by atoms with E-state index in [1.165, 1.54) is 0 Å². The first kappa shape index (κ1) is 15.3. The Kier molecular flexibility index (Phi) is 5.00. The highest BCUT2D eigenvalue weighted by atomic mass is 35.5. The van der Waals surface area contributed by atoms with Gasteiger partial charge in [-0.1, -0.05) is 25.4 Å². The van der Waals surface area contributed by atoms with Crippen molar-refractivity contribution in [2.75, 3.05) is 19.7 Å². The van der Waals surface area contributed by atoms with Gasteiger partial charge >= 0.3 is 0 Å². The maximum Gasteiger partial charge on any atom is 0.254 e. The summed E-state index contributed by atoms with van der Waals surface area (Å²) in [5.74, 6) is 0.656. The SMILES string of the molecule is CC(C)c1cc(C(=O)N2CCC(CCO)C2)cc(Cl)n1. The Morgan fingerprint density at radius 2 is 2.30 bits per heavy atom. The van der Waals surface area contributed by atoms with Gasteiger partial charge in [0.1, 0.15) is 5.15 Å². The predicted octanol–water partition coefficient (Wildman–Crippen LogP) is 2.70. The van der Waals surface area contributed by atoms with E-state index in [0.717, 1.165) is 31.6 Å². The van der Waals surface area contributed by atoms with Gasteiger partial charge in [0.2, 0.25) is 0 Å². The van der Waals surface area contributed by atoms with Crippen molar-refractivity contribution in [3.05, 3.63) is 28.5 Å². The van der Waals surface area contributed by atoms with Gasteiger partial charge in [0.25, 0.3) is 5.91 Å². The van der Waals surface area contributed by atoms with Crippen molar-refractivity contribution in [1.29, 1.82) is 0 Å². The smallest absolute Gasteiger partial charge is 0.254 e. The lowest BCUT2D eigenvalue weighted by atomic mass is 10.1. The molecule has 0 saturated carbocycles. The zero-order chi connectivity index (χ0) is 14.7. The predicted molar refractivity (Wildman–Crippen MR) is 79.0 cm³/mol. The summed E-state index contributed by atoms with van der Waals surface area (Å²) < 4.78 is 0. The fourth-order valence-corrected chi connectivity index (χ4v) is 2.77. The summed E-state index contributed by atoms with van der Waals surface area (Å²) >= 11 is 6.01. The van der Waals surface area contributed by atoms with Crippen molar-refractivity contribution in [1.82, 2.24) is 9.88 Å². The molecule has 5 heteroatoms. The van der Waals surface area contributed by atoms with E-state index in [9.17, 15) is 4.79 Å². The second-order valence-electron chi connectivity index (χ2n) is 5.68. The number of aliphatic hydroxyl groups excluding tert-OH is 1. The molecule has 1 aromatic rings. The summed E-state index contributed by atoms with van der Waals surface area (Å²) in [5.41, 5.74) is 1.45. The Morgan fingerprint density at radius 1 is 1.55 bits per heavy atom. The Balaban J connectivity index is 2.13. The van der Waals surface area contributed by atoms with Crippen LogP contribution in [0, 0.1) is 5.92 Å². The summed E-state index contributed by atoms with van der Waals surface area (Å²) in [6.45, 7) is 5.71. The number of hydrogen-bond donors (Lipinski definition) is 1. The number of carbonyl (C=O) groups excluding carboxylic acids is 1. The number of pyridine rings is 1. The van der Waals surface area contributed by atoms with Crippen LogP contribution in [-0.2, 0) is 0 Å². The minimum Gasteiger partial charge on any atom is -0.396 e. The minimum absolute atomic E-state index is 0.0108. The van der Waals surface area contributed by atoms with Gasteiger partial charge < -0.3 is 10.0 Å². The van der Waals surface area contributed by atoms with E-state index >= 15 is 0 Å². The second-order valence-corrected chi connectivity index (χ2v) is 6.06. The van der Waals surface area contributed by atoms with Crippen LogP contribution in [-0.4, -0.2) is 40.6 Å². The third kappa shape index (κ3) is 3.49. The van der Waals surface area contributed by atoms with E-state index in [-0.39, 0.29) is 18.4 Å². The van der Waals surface area contributed by atoms with Crippen LogP contribution in [0.25, 0.3) is 0 Å². The van der Waals surface area contributed by atoms with E-state index in [1.807, 2.05) is 24.8 Å². The third-order valence-corrected chi connectivity index (χ3v) is 3.96. The maximum atomic E-state index is 12.5. The number of carbonyl (C=O) groups is 1. The lowest BCUT2D eigenvalue weighted by Crippen LogP contribution is -2.29. The van der Waals surface area contributed by atoms with E-state index in [2.05, 4.69) is 4.98 Å². The first-order valence-electron chi connectivity index (χ1n) is 7.09. The molecule has 0 aliphatic carbocycles. The zero-order valence-electron chi connectivity index (χ0n) is 12.0. The van der Waals surface area contributed by atoms with Gasteiger partial charge in [-0.15, -0.1) is 0 Å². The largest absolute Gasteiger partial charge is 0.396 e. The molecule has 1 N–H and O–H groups in total. The number of nitrogens with zero attached hydrogens (tertiary/aromatic N) is 2. The molecule has 1 fully saturated rings. The number of amides is 1. The highest BCUT2D eigenvalue weighted by Crippen LogP contribution is 2.23. The zero-order valence-corrected chi connectivity index (χ0v) is 12.7. The molecular weight excluding hydrogens is 276 g/mol. The number of hydrogen-bond acceptors (Lipinski definition) is 3. The highest BCUT2D eigenvalue weighted by Gasteiger charge is 2.27. The molecule has 1 aromatic heterocycles. The molecule has 1 unspecified atom stereocenters. The summed E-state index contributed by atoms with van der Waals surface area (Å²) in [5, 5.41) is 9.34. The standard InChI is InChI=1S/C15H21ClN2O2/c1-10(2)13-7-12(8-14(16)17-13)15(20)18-5-3-11(9-18)4-6-19/h7-8,10-11,19H,3-6,9H2,1-2H3. The average Bonchev–Trinajstić information content (AvgIpc) is 2.86. The van der Waals surface area contributed by atoms with Crippen molar-refractivity contribution in [2.45, 2.75) is 32.6 Å². The van der Waals surface area contributed by atoms with Crippen molar-refractivity contribution in [3.63, 3.8) is 0 Å². The topological polar surface area (TPSA) is 53.4 Å². The molecule has 20 heavy (non-hydrogen) atoms. The third-order valence-electron chi connectivity index (χ3n) is 3.76. The molecule has 0 radical (unpaired) electrons. The molecule has 2 rings (SSSR count). The fourth-order valence-electron chi connectivity index (χ4n) is 2.55. The summed E-state index contributed by atoms with van der Waals surface area (Å²) in [6, 6.07) is 3.47. The van der Waals surface area contributed by atoms with Gasteiger partial charge in [-0.05, 0) is 36.8 Å². The second kappa shape index (κ2) is 6.55. The van der Waals surface area contributed by atoms with Crippen molar-refractivity contribution in [2.24, 2.45) is 5.92 Å².